The zero-order valence-corrected chi connectivity index (χ0v) is 26.7. The first-order valence-corrected chi connectivity index (χ1v) is 15.3. The van der Waals surface area contributed by atoms with Crippen molar-refractivity contribution in [1.82, 2.24) is 0 Å². The predicted octanol–water partition coefficient (Wildman–Crippen LogP) is 11.0. The van der Waals surface area contributed by atoms with Crippen LogP contribution in [0.15, 0.2) is 103 Å². The molecule has 1 unspecified atom stereocenters. The van der Waals surface area contributed by atoms with Gasteiger partial charge in [0.2, 0.25) is 0 Å². The summed E-state index contributed by atoms with van der Waals surface area (Å²) in [5.74, 6) is 0.306. The maximum absolute atomic E-state index is 13.4. The van der Waals surface area contributed by atoms with E-state index in [1.165, 1.54) is 0 Å². The van der Waals surface area contributed by atoms with Crippen molar-refractivity contribution in [2.24, 2.45) is 10.8 Å². The highest BCUT2D eigenvalue weighted by Crippen LogP contribution is 2.42. The number of Topliss-reactive ketones (excluding diaryl/α,β-unsaturated/α-hetero) is 2. The van der Waals surface area contributed by atoms with Gasteiger partial charge < -0.3 is 0 Å². The predicted molar refractivity (Wildman–Crippen MR) is 176 cm³/mol. The lowest BCUT2D eigenvalue weighted by molar-refractivity contribution is 0.0940. The van der Waals surface area contributed by atoms with Gasteiger partial charge in [0.15, 0.2) is 11.6 Å². The fourth-order valence-electron chi connectivity index (χ4n) is 5.85. The van der Waals surface area contributed by atoms with Gasteiger partial charge in [-0.1, -0.05) is 137 Å². The maximum Gasteiger partial charge on any atom is 0.163 e. The lowest BCUT2D eigenvalue weighted by Gasteiger charge is -2.35. The number of benzene rings is 4. The molecule has 0 aliphatic rings. The molecule has 0 heterocycles. The second kappa shape index (κ2) is 13.4. The van der Waals surface area contributed by atoms with Crippen molar-refractivity contribution in [2.75, 3.05) is 0 Å². The minimum atomic E-state index is -0.240. The molecular formula is C38H40Cl2O2. The Labute approximate surface area is 261 Å². The summed E-state index contributed by atoms with van der Waals surface area (Å²) in [4.78, 5) is 26.8. The van der Waals surface area contributed by atoms with Crippen molar-refractivity contribution >= 4 is 34.8 Å². The summed E-state index contributed by atoms with van der Waals surface area (Å²) >= 11 is 12.3. The van der Waals surface area contributed by atoms with Crippen LogP contribution in [-0.2, 0) is 6.42 Å². The molecule has 42 heavy (non-hydrogen) atoms. The van der Waals surface area contributed by atoms with Crippen LogP contribution >= 0.6 is 23.2 Å². The molecule has 0 fully saturated rings. The molecule has 4 aromatic rings. The summed E-state index contributed by atoms with van der Waals surface area (Å²) in [7, 11) is 0. The number of hydrogen-bond acceptors (Lipinski definition) is 2. The number of carbonyl (C=O) groups excluding carboxylic acids is 2. The minimum absolute atomic E-state index is 0.0179. The molecule has 0 aliphatic heterocycles. The lowest BCUT2D eigenvalue weighted by atomic mass is 9.69. The fourth-order valence-corrected chi connectivity index (χ4v) is 6.10. The molecule has 0 amide bonds. The molecule has 218 valence electrons. The Bertz CT molecular complexity index is 1480. The van der Waals surface area contributed by atoms with Crippen LogP contribution < -0.4 is 0 Å². The first kappa shape index (κ1) is 31.7. The van der Waals surface area contributed by atoms with Crippen LogP contribution in [0, 0.1) is 10.8 Å². The summed E-state index contributed by atoms with van der Waals surface area (Å²) in [6.07, 6.45) is 1.58. The van der Waals surface area contributed by atoms with E-state index in [0.717, 1.165) is 28.7 Å². The highest BCUT2D eigenvalue weighted by molar-refractivity contribution is 6.30. The number of halogens is 2. The van der Waals surface area contributed by atoms with Gasteiger partial charge in [-0.25, -0.2) is 0 Å². The molecule has 4 aromatic carbocycles. The summed E-state index contributed by atoms with van der Waals surface area (Å²) in [5, 5.41) is 1.37. The minimum Gasteiger partial charge on any atom is -0.294 e. The highest BCUT2D eigenvalue weighted by Gasteiger charge is 2.33. The summed E-state index contributed by atoms with van der Waals surface area (Å²) in [6, 6.07) is 33.2. The Morgan fingerprint density at radius 1 is 0.571 bits per heavy atom. The Morgan fingerprint density at radius 3 is 1.48 bits per heavy atom. The Morgan fingerprint density at radius 2 is 1.00 bits per heavy atom. The quantitative estimate of drug-likeness (QED) is 0.161. The van der Waals surface area contributed by atoms with Crippen LogP contribution in [0.3, 0.4) is 0 Å². The van der Waals surface area contributed by atoms with Crippen LogP contribution in [-0.4, -0.2) is 11.6 Å². The number of carbonyl (C=O) groups is 2. The van der Waals surface area contributed by atoms with Crippen molar-refractivity contribution in [3.8, 4) is 0 Å². The molecule has 2 nitrogen and oxygen atoms in total. The van der Waals surface area contributed by atoms with Crippen LogP contribution in [0.4, 0.5) is 0 Å². The largest absolute Gasteiger partial charge is 0.294 e. The SMILES string of the molecule is CC(C)(C)C(CC(=O)c1ccc(CC(C)(C)[C@@H](CC(=O)c2ccccc2)c2ccc(Cl)cc2)cc1)c1ccc(Cl)cc1. The standard InChI is InChI=1S/C38H40Cl2O2/c1-37(2,3)33(27-15-19-31(39)20-16-27)23-35(41)30-13-11-26(12-14-30)25-38(4,5)34(28-17-21-32(40)22-18-28)24-36(42)29-9-7-6-8-10-29/h6-22,33-34H,23-25H2,1-5H3/t33?,34-/m0/s1. The van der Waals surface area contributed by atoms with E-state index >= 15 is 0 Å². The van der Waals surface area contributed by atoms with E-state index < -0.39 is 0 Å². The lowest BCUT2D eigenvalue weighted by Crippen LogP contribution is -2.27. The van der Waals surface area contributed by atoms with Gasteiger partial charge in [0.1, 0.15) is 0 Å². The van der Waals surface area contributed by atoms with Gasteiger partial charge in [0.05, 0.1) is 0 Å². The van der Waals surface area contributed by atoms with Crippen molar-refractivity contribution in [1.29, 1.82) is 0 Å². The number of hydrogen-bond donors (Lipinski definition) is 0. The zero-order chi connectivity index (χ0) is 30.5. The second-order valence-electron chi connectivity index (χ2n) is 13.1. The van der Waals surface area contributed by atoms with Crippen LogP contribution in [0.2, 0.25) is 10.0 Å². The van der Waals surface area contributed by atoms with E-state index in [0.29, 0.717) is 28.5 Å². The van der Waals surface area contributed by atoms with Crippen molar-refractivity contribution in [3.63, 3.8) is 0 Å². The molecule has 2 atom stereocenters. The fraction of sp³-hybridized carbons (Fsp3) is 0.316. The first-order valence-electron chi connectivity index (χ1n) is 14.5. The molecule has 0 saturated heterocycles. The monoisotopic (exact) mass is 598 g/mol. The van der Waals surface area contributed by atoms with Crippen molar-refractivity contribution in [3.05, 3.63) is 141 Å². The molecule has 4 heteroatoms. The van der Waals surface area contributed by atoms with Gasteiger partial charge in [0.25, 0.3) is 0 Å². The Kier molecular flexibility index (Phi) is 10.1. The topological polar surface area (TPSA) is 34.1 Å². The van der Waals surface area contributed by atoms with Crippen LogP contribution in [0.25, 0.3) is 0 Å². The molecule has 0 saturated carbocycles. The Balaban J connectivity index is 1.52. The molecule has 0 radical (unpaired) electrons. The van der Waals surface area contributed by atoms with E-state index in [4.69, 9.17) is 23.2 Å². The van der Waals surface area contributed by atoms with Crippen molar-refractivity contribution < 1.29 is 9.59 Å². The second-order valence-corrected chi connectivity index (χ2v) is 13.9. The van der Waals surface area contributed by atoms with Gasteiger partial charge >= 0.3 is 0 Å². The van der Waals surface area contributed by atoms with Crippen LogP contribution in [0.5, 0.6) is 0 Å². The normalized spacial score (nSPS) is 13.4. The van der Waals surface area contributed by atoms with Crippen molar-refractivity contribution in [2.45, 2.75) is 65.7 Å². The van der Waals surface area contributed by atoms with Gasteiger partial charge in [-0.15, -0.1) is 0 Å². The smallest absolute Gasteiger partial charge is 0.163 e. The molecule has 0 aliphatic carbocycles. The molecule has 0 N–H and O–H groups in total. The average molecular weight is 600 g/mol. The third-order valence-electron chi connectivity index (χ3n) is 8.34. The number of rotatable bonds is 11. The van der Waals surface area contributed by atoms with E-state index in [9.17, 15) is 9.59 Å². The summed E-state index contributed by atoms with van der Waals surface area (Å²) in [6.45, 7) is 10.9. The summed E-state index contributed by atoms with van der Waals surface area (Å²) < 4.78 is 0. The third kappa shape index (κ3) is 8.21. The first-order chi connectivity index (χ1) is 19.8. The molecular weight excluding hydrogens is 559 g/mol. The van der Waals surface area contributed by atoms with Gasteiger partial charge in [-0.3, -0.25) is 9.59 Å². The zero-order valence-electron chi connectivity index (χ0n) is 25.2. The maximum atomic E-state index is 13.4. The number of ketones is 2. The van der Waals surface area contributed by atoms with Crippen LogP contribution in [0.1, 0.15) is 96.7 Å². The van der Waals surface area contributed by atoms with E-state index in [1.54, 1.807) is 0 Å². The molecule has 0 bridgehead atoms. The molecule has 4 rings (SSSR count). The molecule has 0 aromatic heterocycles. The van der Waals surface area contributed by atoms with E-state index in [2.05, 4.69) is 46.8 Å². The third-order valence-corrected chi connectivity index (χ3v) is 8.85. The Hall–Kier alpha value is -3.20. The van der Waals surface area contributed by atoms with Gasteiger partial charge in [-0.05, 0) is 70.0 Å². The highest BCUT2D eigenvalue weighted by atomic mass is 35.5. The van der Waals surface area contributed by atoms with Gasteiger partial charge in [-0.2, -0.15) is 0 Å². The average Bonchev–Trinajstić information content (AvgIpc) is 2.95. The molecule has 0 spiro atoms. The van der Waals surface area contributed by atoms with Gasteiger partial charge in [0, 0.05) is 34.0 Å². The summed E-state index contributed by atoms with van der Waals surface area (Å²) in [5.41, 5.74) is 4.47. The van der Waals surface area contributed by atoms with E-state index in [-0.39, 0.29) is 34.2 Å². The van der Waals surface area contributed by atoms with E-state index in [1.807, 2.05) is 91.0 Å².